The highest BCUT2D eigenvalue weighted by atomic mass is 19.4. The largest absolute Gasteiger partial charge is 0.419 e. The van der Waals surface area contributed by atoms with E-state index in [1.54, 1.807) is 30.3 Å². The van der Waals surface area contributed by atoms with E-state index < -0.39 is 29.0 Å². The Morgan fingerprint density at radius 2 is 1.60 bits per heavy atom. The Balaban J connectivity index is 2.32. The maximum absolute atomic E-state index is 13.7. The third kappa shape index (κ3) is 2.96. The summed E-state index contributed by atoms with van der Waals surface area (Å²) in [4.78, 5) is 11.8. The number of hydrogen-bond acceptors (Lipinski definition) is 1. The first-order chi connectivity index (χ1) is 9.39. The van der Waals surface area contributed by atoms with Gasteiger partial charge in [-0.05, 0) is 24.3 Å². The molecular formula is C14H9F4NO. The number of nitrogens with one attached hydrogen (secondary N) is 1. The van der Waals surface area contributed by atoms with Crippen molar-refractivity contribution in [3.05, 3.63) is 65.5 Å². The van der Waals surface area contributed by atoms with Gasteiger partial charge in [0.15, 0.2) is 0 Å². The van der Waals surface area contributed by atoms with Crippen LogP contribution in [0.15, 0.2) is 48.5 Å². The Morgan fingerprint density at radius 3 is 2.20 bits per heavy atom. The van der Waals surface area contributed by atoms with Crippen LogP contribution in [0.3, 0.4) is 0 Å². The lowest BCUT2D eigenvalue weighted by Crippen LogP contribution is -2.17. The fraction of sp³-hybridized carbons (Fsp3) is 0.0714. The molecule has 0 aliphatic carbocycles. The number of benzene rings is 2. The Bertz CT molecular complexity index is 623. The molecule has 2 rings (SSSR count). The molecule has 2 aromatic rings. The van der Waals surface area contributed by atoms with Gasteiger partial charge in [0, 0.05) is 5.69 Å². The first-order valence-electron chi connectivity index (χ1n) is 5.61. The van der Waals surface area contributed by atoms with Crippen LogP contribution in [0.2, 0.25) is 0 Å². The van der Waals surface area contributed by atoms with Crippen LogP contribution in [-0.4, -0.2) is 5.91 Å². The number of hydrogen-bond donors (Lipinski definition) is 1. The monoisotopic (exact) mass is 283 g/mol. The summed E-state index contributed by atoms with van der Waals surface area (Å²) in [6, 6.07) is 10.7. The number of amides is 1. The number of carbonyl (C=O) groups is 1. The second-order valence-electron chi connectivity index (χ2n) is 3.99. The molecule has 20 heavy (non-hydrogen) atoms. The van der Waals surface area contributed by atoms with Gasteiger partial charge < -0.3 is 5.32 Å². The van der Waals surface area contributed by atoms with Crippen LogP contribution in [0, 0.1) is 5.82 Å². The Labute approximate surface area is 112 Å². The predicted octanol–water partition coefficient (Wildman–Crippen LogP) is 4.10. The van der Waals surface area contributed by atoms with Crippen molar-refractivity contribution in [2.45, 2.75) is 6.18 Å². The van der Waals surface area contributed by atoms with Crippen molar-refractivity contribution in [2.75, 3.05) is 5.32 Å². The van der Waals surface area contributed by atoms with Gasteiger partial charge in [-0.15, -0.1) is 0 Å². The van der Waals surface area contributed by atoms with Crippen molar-refractivity contribution >= 4 is 11.6 Å². The number of halogens is 4. The summed E-state index contributed by atoms with van der Waals surface area (Å²) in [6.07, 6.45) is -4.84. The van der Waals surface area contributed by atoms with Gasteiger partial charge in [-0.2, -0.15) is 13.2 Å². The third-order valence-corrected chi connectivity index (χ3v) is 2.58. The molecule has 2 nitrogen and oxygen atoms in total. The first-order valence-corrected chi connectivity index (χ1v) is 5.61. The van der Waals surface area contributed by atoms with Crippen molar-refractivity contribution in [3.8, 4) is 0 Å². The Hall–Kier alpha value is -2.37. The van der Waals surface area contributed by atoms with Gasteiger partial charge in [0.25, 0.3) is 5.91 Å². The summed E-state index contributed by atoms with van der Waals surface area (Å²) in [5.41, 5.74) is -1.74. The minimum atomic E-state index is -4.84. The van der Waals surface area contributed by atoms with Crippen LogP contribution in [0.4, 0.5) is 23.2 Å². The lowest BCUT2D eigenvalue weighted by atomic mass is 10.1. The molecule has 6 heteroatoms. The number of rotatable bonds is 2. The highest BCUT2D eigenvalue weighted by Gasteiger charge is 2.35. The van der Waals surface area contributed by atoms with E-state index in [0.717, 1.165) is 12.1 Å². The second kappa shape index (κ2) is 5.32. The Morgan fingerprint density at radius 1 is 0.950 bits per heavy atom. The van der Waals surface area contributed by atoms with Gasteiger partial charge in [-0.25, -0.2) is 4.39 Å². The summed E-state index contributed by atoms with van der Waals surface area (Å²) in [5, 5.41) is 2.33. The molecule has 0 saturated heterocycles. The van der Waals surface area contributed by atoms with E-state index in [1.165, 1.54) is 0 Å². The summed E-state index contributed by atoms with van der Waals surface area (Å²) in [7, 11) is 0. The topological polar surface area (TPSA) is 29.1 Å². The molecule has 0 aliphatic heterocycles. The molecule has 1 N–H and O–H groups in total. The van der Waals surface area contributed by atoms with Crippen LogP contribution in [0.5, 0.6) is 0 Å². The summed E-state index contributed by atoms with van der Waals surface area (Å²) < 4.78 is 51.4. The second-order valence-corrected chi connectivity index (χ2v) is 3.99. The van der Waals surface area contributed by atoms with E-state index >= 15 is 0 Å². The van der Waals surface area contributed by atoms with Crippen LogP contribution in [-0.2, 0) is 6.18 Å². The first kappa shape index (κ1) is 14.0. The molecule has 0 aromatic heterocycles. The maximum atomic E-state index is 13.7. The van der Waals surface area contributed by atoms with Crippen molar-refractivity contribution in [1.29, 1.82) is 0 Å². The van der Waals surface area contributed by atoms with Crippen molar-refractivity contribution in [3.63, 3.8) is 0 Å². The minimum Gasteiger partial charge on any atom is -0.322 e. The zero-order chi connectivity index (χ0) is 14.8. The molecule has 0 fully saturated rings. The molecule has 0 saturated carbocycles. The summed E-state index contributed by atoms with van der Waals surface area (Å²) >= 11 is 0. The van der Waals surface area contributed by atoms with Crippen molar-refractivity contribution in [2.24, 2.45) is 0 Å². The molecule has 104 valence electrons. The van der Waals surface area contributed by atoms with Gasteiger partial charge in [0.2, 0.25) is 0 Å². The highest BCUT2D eigenvalue weighted by Crippen LogP contribution is 2.32. The SMILES string of the molecule is O=C(Nc1ccccc1)c1cccc(C(F)(F)F)c1F. The van der Waals surface area contributed by atoms with Crippen LogP contribution >= 0.6 is 0 Å². The summed E-state index contributed by atoms with van der Waals surface area (Å²) in [6.45, 7) is 0. The standard InChI is InChI=1S/C14H9F4NO/c15-12-10(7-4-8-11(12)14(16,17)18)13(20)19-9-5-2-1-3-6-9/h1-8H,(H,19,20). The fourth-order valence-electron chi connectivity index (χ4n) is 1.65. The van der Waals surface area contributed by atoms with E-state index in [9.17, 15) is 22.4 Å². The quantitative estimate of drug-likeness (QED) is 0.826. The van der Waals surface area contributed by atoms with Gasteiger partial charge in [0.1, 0.15) is 5.82 Å². The maximum Gasteiger partial charge on any atom is 0.419 e. The Kier molecular flexibility index (Phi) is 3.74. The molecule has 0 atom stereocenters. The molecule has 1 amide bonds. The normalized spacial score (nSPS) is 11.2. The average molecular weight is 283 g/mol. The molecule has 0 radical (unpaired) electrons. The minimum absolute atomic E-state index is 0.370. The summed E-state index contributed by atoms with van der Waals surface area (Å²) in [5.74, 6) is -2.51. The zero-order valence-electron chi connectivity index (χ0n) is 10.0. The van der Waals surface area contributed by atoms with Crippen LogP contribution < -0.4 is 5.32 Å². The van der Waals surface area contributed by atoms with E-state index in [0.29, 0.717) is 11.8 Å². The lowest BCUT2D eigenvalue weighted by Gasteiger charge is -2.11. The van der Waals surface area contributed by atoms with E-state index in [2.05, 4.69) is 5.32 Å². The number of anilines is 1. The van der Waals surface area contributed by atoms with Gasteiger partial charge in [0.05, 0.1) is 11.1 Å². The van der Waals surface area contributed by atoms with Crippen LogP contribution in [0.25, 0.3) is 0 Å². The number of carbonyl (C=O) groups excluding carboxylic acids is 1. The smallest absolute Gasteiger partial charge is 0.322 e. The molecule has 0 heterocycles. The molecule has 2 aromatic carbocycles. The highest BCUT2D eigenvalue weighted by molar-refractivity contribution is 6.04. The van der Waals surface area contributed by atoms with Crippen LogP contribution in [0.1, 0.15) is 15.9 Å². The van der Waals surface area contributed by atoms with E-state index in [1.807, 2.05) is 0 Å². The zero-order valence-corrected chi connectivity index (χ0v) is 10.0. The third-order valence-electron chi connectivity index (χ3n) is 2.58. The van der Waals surface area contributed by atoms with Gasteiger partial charge >= 0.3 is 6.18 Å². The average Bonchev–Trinajstić information content (AvgIpc) is 2.38. The molecule has 0 bridgehead atoms. The molecule has 0 unspecified atom stereocenters. The fourth-order valence-corrected chi connectivity index (χ4v) is 1.65. The number of para-hydroxylation sites is 1. The predicted molar refractivity (Wildman–Crippen MR) is 65.8 cm³/mol. The number of alkyl halides is 3. The lowest BCUT2D eigenvalue weighted by molar-refractivity contribution is -0.140. The van der Waals surface area contributed by atoms with Gasteiger partial charge in [-0.1, -0.05) is 24.3 Å². The molecular weight excluding hydrogens is 274 g/mol. The van der Waals surface area contributed by atoms with E-state index in [4.69, 9.17) is 0 Å². The molecule has 0 aliphatic rings. The van der Waals surface area contributed by atoms with E-state index in [-0.39, 0.29) is 0 Å². The van der Waals surface area contributed by atoms with Gasteiger partial charge in [-0.3, -0.25) is 4.79 Å². The molecule has 0 spiro atoms. The van der Waals surface area contributed by atoms with Crippen molar-refractivity contribution in [1.82, 2.24) is 0 Å². The van der Waals surface area contributed by atoms with Crippen molar-refractivity contribution < 1.29 is 22.4 Å².